The van der Waals surface area contributed by atoms with Crippen LogP contribution in [0.1, 0.15) is 18.3 Å². The topological polar surface area (TPSA) is 79.0 Å². The predicted molar refractivity (Wildman–Crippen MR) is 79.2 cm³/mol. The maximum absolute atomic E-state index is 12.4. The largest absolute Gasteiger partial charge is 0.492 e. The Balaban J connectivity index is 1.70. The van der Waals surface area contributed by atoms with Crippen LogP contribution in [0.3, 0.4) is 0 Å². The highest BCUT2D eigenvalue weighted by atomic mass is 16.5. The Morgan fingerprint density at radius 2 is 2.33 bits per heavy atom. The van der Waals surface area contributed by atoms with Crippen LogP contribution in [0.5, 0.6) is 5.75 Å². The smallest absolute Gasteiger partial charge is 0.242 e. The van der Waals surface area contributed by atoms with E-state index in [1.165, 1.54) is 0 Å². The lowest BCUT2D eigenvalue weighted by atomic mass is 10.0. The van der Waals surface area contributed by atoms with Gasteiger partial charge < -0.3 is 15.0 Å². The van der Waals surface area contributed by atoms with Crippen LogP contribution >= 0.6 is 0 Å². The molecule has 1 aliphatic rings. The number of carbonyl (C=O) groups is 1. The number of fused-ring (bicyclic) bond motifs is 1. The summed E-state index contributed by atoms with van der Waals surface area (Å²) < 4.78 is 5.52. The summed E-state index contributed by atoms with van der Waals surface area (Å²) in [7, 11) is 0. The van der Waals surface area contributed by atoms with E-state index in [1.54, 1.807) is 6.33 Å². The molecule has 1 unspecified atom stereocenters. The Hall–Kier alpha value is -2.34. The fraction of sp³-hybridized carbons (Fsp3) is 0.333. The van der Waals surface area contributed by atoms with Gasteiger partial charge in [0, 0.05) is 13.0 Å². The van der Waals surface area contributed by atoms with Crippen molar-refractivity contribution in [2.75, 3.05) is 11.9 Å². The number of aromatic nitrogens is 2. The lowest BCUT2D eigenvalue weighted by Crippen LogP contribution is -2.44. The van der Waals surface area contributed by atoms with Gasteiger partial charge in [-0.3, -0.25) is 10.1 Å². The maximum Gasteiger partial charge on any atom is 0.242 e. The van der Waals surface area contributed by atoms with Crippen LogP contribution in [0.25, 0.3) is 0 Å². The quantitative estimate of drug-likeness (QED) is 0.795. The first-order valence-corrected chi connectivity index (χ1v) is 7.05. The summed E-state index contributed by atoms with van der Waals surface area (Å²) in [5.41, 5.74) is 2.69. The molecule has 6 nitrogen and oxygen atoms in total. The Morgan fingerprint density at radius 1 is 1.48 bits per heavy atom. The molecule has 1 aromatic heterocycles. The van der Waals surface area contributed by atoms with E-state index in [-0.39, 0.29) is 11.9 Å². The molecule has 21 heavy (non-hydrogen) atoms. The Morgan fingerprint density at radius 3 is 3.19 bits per heavy atom. The van der Waals surface area contributed by atoms with E-state index < -0.39 is 0 Å². The number of ether oxygens (including phenoxy) is 1. The molecule has 2 aromatic rings. The van der Waals surface area contributed by atoms with Gasteiger partial charge in [0.1, 0.15) is 5.75 Å². The van der Waals surface area contributed by atoms with Crippen molar-refractivity contribution in [2.45, 2.75) is 25.9 Å². The number of aromatic amines is 1. The van der Waals surface area contributed by atoms with Gasteiger partial charge in [0.2, 0.25) is 5.91 Å². The van der Waals surface area contributed by atoms with Crippen LogP contribution in [-0.2, 0) is 17.8 Å². The lowest BCUT2D eigenvalue weighted by molar-refractivity contribution is -0.118. The van der Waals surface area contributed by atoms with Crippen LogP contribution in [0, 0.1) is 0 Å². The molecule has 1 atom stereocenters. The molecule has 1 aromatic carbocycles. The van der Waals surface area contributed by atoms with Crippen molar-refractivity contribution in [3.63, 3.8) is 0 Å². The van der Waals surface area contributed by atoms with Crippen molar-refractivity contribution >= 4 is 11.6 Å². The number of benzene rings is 1. The van der Waals surface area contributed by atoms with Crippen molar-refractivity contribution in [3.8, 4) is 5.75 Å². The molecule has 0 bridgehead atoms. The third-order valence-electron chi connectivity index (χ3n) is 3.49. The van der Waals surface area contributed by atoms with E-state index >= 15 is 0 Å². The minimum absolute atomic E-state index is 0.0733. The molecule has 0 saturated carbocycles. The van der Waals surface area contributed by atoms with Crippen LogP contribution in [0.2, 0.25) is 0 Å². The SMILES string of the molecule is CCOc1ccccc1NC(=O)C1Cc2nc[nH]c2CN1. The molecule has 110 valence electrons. The maximum atomic E-state index is 12.4. The van der Waals surface area contributed by atoms with Crippen molar-refractivity contribution in [2.24, 2.45) is 0 Å². The Labute approximate surface area is 122 Å². The molecule has 0 fully saturated rings. The average Bonchev–Trinajstić information content (AvgIpc) is 2.97. The minimum Gasteiger partial charge on any atom is -0.492 e. The van der Waals surface area contributed by atoms with Gasteiger partial charge in [0.15, 0.2) is 0 Å². The first-order chi connectivity index (χ1) is 10.3. The monoisotopic (exact) mass is 286 g/mol. The summed E-state index contributed by atoms with van der Waals surface area (Å²) in [6.45, 7) is 3.10. The first kappa shape index (κ1) is 13.6. The molecule has 0 aliphatic carbocycles. The van der Waals surface area contributed by atoms with Gasteiger partial charge >= 0.3 is 0 Å². The summed E-state index contributed by atoms with van der Waals surface area (Å²) in [6, 6.07) is 7.16. The Kier molecular flexibility index (Phi) is 3.87. The molecule has 2 heterocycles. The molecular formula is C15H18N4O2. The van der Waals surface area contributed by atoms with Crippen LogP contribution in [0.4, 0.5) is 5.69 Å². The number of rotatable bonds is 4. The first-order valence-electron chi connectivity index (χ1n) is 7.05. The summed E-state index contributed by atoms with van der Waals surface area (Å²) in [5, 5.41) is 6.13. The zero-order chi connectivity index (χ0) is 14.7. The molecule has 1 amide bonds. The summed E-state index contributed by atoms with van der Waals surface area (Å²) in [6.07, 6.45) is 2.25. The molecule has 0 radical (unpaired) electrons. The zero-order valence-corrected chi connectivity index (χ0v) is 11.8. The van der Waals surface area contributed by atoms with Crippen LogP contribution in [0.15, 0.2) is 30.6 Å². The number of hydrogen-bond donors (Lipinski definition) is 3. The highest BCUT2D eigenvalue weighted by molar-refractivity contribution is 5.96. The van der Waals surface area contributed by atoms with E-state index in [2.05, 4.69) is 20.6 Å². The van der Waals surface area contributed by atoms with Crippen LogP contribution in [-0.4, -0.2) is 28.5 Å². The fourth-order valence-corrected chi connectivity index (χ4v) is 2.43. The fourth-order valence-electron chi connectivity index (χ4n) is 2.43. The molecule has 0 saturated heterocycles. The van der Waals surface area contributed by atoms with Gasteiger partial charge in [0.25, 0.3) is 0 Å². The van der Waals surface area contributed by atoms with Crippen molar-refractivity contribution in [1.29, 1.82) is 0 Å². The average molecular weight is 286 g/mol. The van der Waals surface area contributed by atoms with Gasteiger partial charge in [-0.15, -0.1) is 0 Å². The highest BCUT2D eigenvalue weighted by Gasteiger charge is 2.26. The van der Waals surface area contributed by atoms with E-state index in [1.807, 2.05) is 31.2 Å². The van der Waals surface area contributed by atoms with E-state index in [9.17, 15) is 4.79 Å². The number of amides is 1. The summed E-state index contributed by atoms with van der Waals surface area (Å²) in [5.74, 6) is 0.612. The second-order valence-corrected chi connectivity index (χ2v) is 4.88. The molecule has 1 aliphatic heterocycles. The van der Waals surface area contributed by atoms with E-state index in [0.29, 0.717) is 31.0 Å². The lowest BCUT2D eigenvalue weighted by Gasteiger charge is -2.22. The zero-order valence-electron chi connectivity index (χ0n) is 11.8. The molecule has 0 spiro atoms. The standard InChI is InChI=1S/C15H18N4O2/c1-2-21-14-6-4-3-5-10(14)19-15(20)12-7-11-13(8-16-12)18-9-17-11/h3-6,9,12,16H,2,7-8H2,1H3,(H,17,18)(H,19,20). The van der Waals surface area contributed by atoms with Gasteiger partial charge in [-0.1, -0.05) is 12.1 Å². The third kappa shape index (κ3) is 2.90. The van der Waals surface area contributed by atoms with Crippen molar-refractivity contribution < 1.29 is 9.53 Å². The number of H-pyrrole nitrogens is 1. The molecular weight excluding hydrogens is 268 g/mol. The Bertz CT molecular complexity index is 638. The van der Waals surface area contributed by atoms with Crippen molar-refractivity contribution in [1.82, 2.24) is 15.3 Å². The van der Waals surface area contributed by atoms with Crippen LogP contribution < -0.4 is 15.4 Å². The number of carbonyl (C=O) groups excluding carboxylic acids is 1. The highest BCUT2D eigenvalue weighted by Crippen LogP contribution is 2.24. The van der Waals surface area contributed by atoms with E-state index in [4.69, 9.17) is 4.74 Å². The number of anilines is 1. The molecule has 3 N–H and O–H groups in total. The number of nitrogens with one attached hydrogen (secondary N) is 3. The number of hydrogen-bond acceptors (Lipinski definition) is 4. The van der Waals surface area contributed by atoms with Gasteiger partial charge in [-0.2, -0.15) is 0 Å². The minimum atomic E-state index is -0.282. The second kappa shape index (κ2) is 5.97. The summed E-state index contributed by atoms with van der Waals surface area (Å²) in [4.78, 5) is 19.7. The normalized spacial score (nSPS) is 17.1. The van der Waals surface area contributed by atoms with Gasteiger partial charge in [0.05, 0.1) is 36.1 Å². The third-order valence-corrected chi connectivity index (χ3v) is 3.49. The second-order valence-electron chi connectivity index (χ2n) is 4.88. The molecule has 3 rings (SSSR count). The number of imidazole rings is 1. The number of para-hydroxylation sites is 2. The van der Waals surface area contributed by atoms with Gasteiger partial charge in [-0.25, -0.2) is 4.98 Å². The van der Waals surface area contributed by atoms with Crippen molar-refractivity contribution in [3.05, 3.63) is 42.0 Å². The number of nitrogens with zero attached hydrogens (tertiary/aromatic N) is 1. The van der Waals surface area contributed by atoms with E-state index in [0.717, 1.165) is 11.4 Å². The summed E-state index contributed by atoms with van der Waals surface area (Å²) >= 11 is 0. The van der Waals surface area contributed by atoms with Gasteiger partial charge in [-0.05, 0) is 19.1 Å². The predicted octanol–water partition coefficient (Wildman–Crippen LogP) is 1.46. The molecule has 6 heteroatoms.